The summed E-state index contributed by atoms with van der Waals surface area (Å²) in [7, 11) is -3.55. The summed E-state index contributed by atoms with van der Waals surface area (Å²) in [5, 5.41) is 8.38. The number of nitrogens with zero attached hydrogens (tertiary/aromatic N) is 3. The second-order valence-electron chi connectivity index (χ2n) is 7.20. The third-order valence-corrected chi connectivity index (χ3v) is 8.27. The molecule has 4 aromatic rings. The van der Waals surface area contributed by atoms with Crippen LogP contribution in [0, 0.1) is 0 Å². The number of anilines is 1. The zero-order valence-corrected chi connectivity index (χ0v) is 22.0. The van der Waals surface area contributed by atoms with E-state index in [4.69, 9.17) is 16.6 Å². The van der Waals surface area contributed by atoms with Gasteiger partial charge in [0.15, 0.2) is 5.65 Å². The molecule has 33 heavy (non-hydrogen) atoms. The fourth-order valence-electron chi connectivity index (χ4n) is 3.28. The van der Waals surface area contributed by atoms with E-state index in [0.717, 1.165) is 28.0 Å². The SMILES string of the molecule is O=S(=O)(NCCCCNc1cc(-c2ccccc2Cl)nc2c(Br)cnn12)c1ccccc1Br. The Morgan fingerprint density at radius 3 is 2.48 bits per heavy atom. The predicted octanol–water partition coefficient (Wildman–Crippen LogP) is 5.75. The minimum Gasteiger partial charge on any atom is -0.370 e. The Hall–Kier alpha value is -1.98. The van der Waals surface area contributed by atoms with Crippen molar-refractivity contribution in [3.63, 3.8) is 0 Å². The van der Waals surface area contributed by atoms with Crippen LogP contribution in [-0.4, -0.2) is 36.1 Å². The van der Waals surface area contributed by atoms with Crippen LogP contribution in [-0.2, 0) is 10.0 Å². The molecule has 0 bridgehead atoms. The summed E-state index contributed by atoms with van der Waals surface area (Å²) in [5.74, 6) is 0.773. The van der Waals surface area contributed by atoms with Gasteiger partial charge in [-0.1, -0.05) is 41.9 Å². The molecule has 0 radical (unpaired) electrons. The van der Waals surface area contributed by atoms with E-state index in [-0.39, 0.29) is 4.90 Å². The molecule has 0 unspecified atom stereocenters. The zero-order valence-electron chi connectivity index (χ0n) is 17.3. The molecule has 2 aromatic carbocycles. The van der Waals surface area contributed by atoms with Gasteiger partial charge in [-0.05, 0) is 62.9 Å². The van der Waals surface area contributed by atoms with Gasteiger partial charge in [-0.25, -0.2) is 18.1 Å². The van der Waals surface area contributed by atoms with Crippen LogP contribution in [0.4, 0.5) is 5.82 Å². The highest BCUT2D eigenvalue weighted by molar-refractivity contribution is 9.11. The van der Waals surface area contributed by atoms with Gasteiger partial charge < -0.3 is 5.32 Å². The third kappa shape index (κ3) is 5.58. The van der Waals surface area contributed by atoms with E-state index in [2.05, 4.69) is 47.0 Å². The summed E-state index contributed by atoms with van der Waals surface area (Å²) in [6.07, 6.45) is 3.12. The monoisotopic (exact) mass is 611 g/mol. The average molecular weight is 614 g/mol. The molecule has 2 aromatic heterocycles. The maximum atomic E-state index is 12.5. The summed E-state index contributed by atoms with van der Waals surface area (Å²) < 4.78 is 30.6. The Kier molecular flexibility index (Phi) is 7.70. The van der Waals surface area contributed by atoms with Crippen LogP contribution in [0.2, 0.25) is 5.02 Å². The first-order valence-corrected chi connectivity index (χ1v) is 13.6. The van der Waals surface area contributed by atoms with Crippen molar-refractivity contribution in [1.29, 1.82) is 0 Å². The van der Waals surface area contributed by atoms with Crippen molar-refractivity contribution in [1.82, 2.24) is 19.3 Å². The van der Waals surface area contributed by atoms with Gasteiger partial charge in [-0.15, -0.1) is 0 Å². The average Bonchev–Trinajstić information content (AvgIpc) is 3.17. The second-order valence-corrected chi connectivity index (χ2v) is 11.0. The Labute approximate surface area is 213 Å². The van der Waals surface area contributed by atoms with Gasteiger partial charge in [0.2, 0.25) is 10.0 Å². The van der Waals surface area contributed by atoms with E-state index in [1.54, 1.807) is 35.0 Å². The molecule has 0 spiro atoms. The first-order chi connectivity index (χ1) is 15.9. The van der Waals surface area contributed by atoms with Crippen LogP contribution in [0.25, 0.3) is 16.9 Å². The Bertz CT molecular complexity index is 1390. The number of fused-ring (bicyclic) bond motifs is 1. The highest BCUT2D eigenvalue weighted by atomic mass is 79.9. The van der Waals surface area contributed by atoms with Gasteiger partial charge in [0.1, 0.15) is 5.82 Å². The smallest absolute Gasteiger partial charge is 0.241 e. The van der Waals surface area contributed by atoms with Crippen molar-refractivity contribution in [3.05, 3.63) is 74.8 Å². The quantitative estimate of drug-likeness (QED) is 0.235. The van der Waals surface area contributed by atoms with Gasteiger partial charge in [0, 0.05) is 34.2 Å². The number of nitrogens with one attached hydrogen (secondary N) is 2. The molecule has 2 N–H and O–H groups in total. The number of hydrogen-bond donors (Lipinski definition) is 2. The molecule has 0 aliphatic heterocycles. The minimum atomic E-state index is -3.55. The molecule has 0 fully saturated rings. The van der Waals surface area contributed by atoms with E-state index in [9.17, 15) is 8.42 Å². The lowest BCUT2D eigenvalue weighted by Crippen LogP contribution is -2.25. The van der Waals surface area contributed by atoms with Gasteiger partial charge in [0.25, 0.3) is 0 Å². The molecule has 2 heterocycles. The standard InChI is InChI=1S/C22H20Br2ClN5O2S/c23-16-8-2-4-10-20(16)33(31,32)28-12-6-5-11-26-21-13-19(15-7-1-3-9-18(15)25)29-22-17(24)14-27-30(21)22/h1-4,7-10,13-14,26,28H,5-6,11-12H2. The number of rotatable bonds is 9. The largest absolute Gasteiger partial charge is 0.370 e. The molecule has 7 nitrogen and oxygen atoms in total. The lowest BCUT2D eigenvalue weighted by atomic mass is 10.1. The van der Waals surface area contributed by atoms with Gasteiger partial charge >= 0.3 is 0 Å². The van der Waals surface area contributed by atoms with E-state index in [1.807, 2.05) is 30.3 Å². The Balaban J connectivity index is 1.40. The molecule has 0 atom stereocenters. The zero-order chi connectivity index (χ0) is 23.4. The Morgan fingerprint density at radius 2 is 1.70 bits per heavy atom. The van der Waals surface area contributed by atoms with Crippen molar-refractivity contribution < 1.29 is 8.42 Å². The molecule has 11 heteroatoms. The van der Waals surface area contributed by atoms with Crippen LogP contribution < -0.4 is 10.0 Å². The number of hydrogen-bond acceptors (Lipinski definition) is 5. The first-order valence-electron chi connectivity index (χ1n) is 10.1. The number of sulfonamides is 1. The molecule has 0 saturated heterocycles. The summed E-state index contributed by atoms with van der Waals surface area (Å²) in [5.41, 5.74) is 2.24. The maximum absolute atomic E-state index is 12.5. The lowest BCUT2D eigenvalue weighted by Gasteiger charge is -2.12. The maximum Gasteiger partial charge on any atom is 0.241 e. The molecule has 0 aliphatic carbocycles. The Morgan fingerprint density at radius 1 is 0.970 bits per heavy atom. The van der Waals surface area contributed by atoms with Crippen molar-refractivity contribution in [2.24, 2.45) is 0 Å². The normalized spacial score (nSPS) is 11.7. The van der Waals surface area contributed by atoms with E-state index in [0.29, 0.717) is 34.7 Å². The van der Waals surface area contributed by atoms with Crippen molar-refractivity contribution in [2.45, 2.75) is 17.7 Å². The van der Waals surface area contributed by atoms with Crippen molar-refractivity contribution >= 4 is 64.9 Å². The number of unbranched alkanes of at least 4 members (excludes halogenated alkanes) is 1. The van der Waals surface area contributed by atoms with E-state index < -0.39 is 10.0 Å². The number of benzene rings is 2. The third-order valence-electron chi connectivity index (χ3n) is 4.91. The van der Waals surface area contributed by atoms with E-state index >= 15 is 0 Å². The highest BCUT2D eigenvalue weighted by Gasteiger charge is 2.16. The summed E-state index contributed by atoms with van der Waals surface area (Å²) in [6.45, 7) is 0.977. The predicted molar refractivity (Wildman–Crippen MR) is 138 cm³/mol. The van der Waals surface area contributed by atoms with Crippen LogP contribution in [0.15, 0.2) is 74.6 Å². The van der Waals surface area contributed by atoms with Gasteiger partial charge in [-0.2, -0.15) is 9.61 Å². The molecule has 4 rings (SSSR count). The van der Waals surface area contributed by atoms with E-state index in [1.165, 1.54) is 0 Å². The van der Waals surface area contributed by atoms with Crippen LogP contribution in [0.5, 0.6) is 0 Å². The fraction of sp³-hybridized carbons (Fsp3) is 0.182. The molecule has 0 aliphatic rings. The van der Waals surface area contributed by atoms with Crippen LogP contribution in [0.3, 0.4) is 0 Å². The summed E-state index contributed by atoms with van der Waals surface area (Å²) in [6, 6.07) is 16.2. The lowest BCUT2D eigenvalue weighted by molar-refractivity contribution is 0.577. The molecular formula is C22H20Br2ClN5O2S. The molecule has 0 amide bonds. The topological polar surface area (TPSA) is 88.4 Å². The van der Waals surface area contributed by atoms with Crippen LogP contribution >= 0.6 is 43.5 Å². The van der Waals surface area contributed by atoms with Gasteiger partial charge in [-0.3, -0.25) is 0 Å². The van der Waals surface area contributed by atoms with Crippen molar-refractivity contribution in [2.75, 3.05) is 18.4 Å². The minimum absolute atomic E-state index is 0.235. The number of aromatic nitrogens is 3. The molecular weight excluding hydrogens is 594 g/mol. The summed E-state index contributed by atoms with van der Waals surface area (Å²) in [4.78, 5) is 4.93. The van der Waals surface area contributed by atoms with Crippen molar-refractivity contribution in [3.8, 4) is 11.3 Å². The fourth-order valence-corrected chi connectivity index (χ4v) is 5.94. The van der Waals surface area contributed by atoms with Crippen LogP contribution in [0.1, 0.15) is 12.8 Å². The highest BCUT2D eigenvalue weighted by Crippen LogP contribution is 2.30. The number of halogens is 3. The summed E-state index contributed by atoms with van der Waals surface area (Å²) >= 11 is 13.2. The molecule has 172 valence electrons. The molecule has 0 saturated carbocycles. The first kappa shape index (κ1) is 24.2. The second kappa shape index (κ2) is 10.5. The van der Waals surface area contributed by atoms with Gasteiger partial charge in [0.05, 0.1) is 21.3 Å².